The van der Waals surface area contributed by atoms with Crippen LogP contribution in [-0.2, 0) is 11.8 Å². The standard InChI is InChI=1S/C10H11ClN6O2/c1-3-19-9(18)7-8(14-10(11)16-15-7)13-6-4-12-17(2)5-6/h4-5H,3H2,1-2H3,(H,13,14,16). The highest BCUT2D eigenvalue weighted by molar-refractivity contribution is 6.28. The zero-order valence-electron chi connectivity index (χ0n) is 10.3. The number of aryl methyl sites for hydroxylation is 1. The van der Waals surface area contributed by atoms with E-state index in [4.69, 9.17) is 16.3 Å². The number of carbonyl (C=O) groups excluding carboxylic acids is 1. The summed E-state index contributed by atoms with van der Waals surface area (Å²) in [5.74, 6) is -0.447. The Hall–Kier alpha value is -2.22. The van der Waals surface area contributed by atoms with Gasteiger partial charge in [-0.25, -0.2) is 4.79 Å². The summed E-state index contributed by atoms with van der Waals surface area (Å²) < 4.78 is 6.47. The largest absolute Gasteiger partial charge is 0.461 e. The zero-order valence-corrected chi connectivity index (χ0v) is 11.0. The fraction of sp³-hybridized carbons (Fsp3) is 0.300. The van der Waals surface area contributed by atoms with E-state index in [-0.39, 0.29) is 23.4 Å². The molecule has 9 heteroatoms. The van der Waals surface area contributed by atoms with Gasteiger partial charge >= 0.3 is 5.97 Å². The van der Waals surface area contributed by atoms with Crippen molar-refractivity contribution in [1.82, 2.24) is 25.0 Å². The summed E-state index contributed by atoms with van der Waals surface area (Å²) in [6.07, 6.45) is 3.29. The van der Waals surface area contributed by atoms with Crippen molar-refractivity contribution in [2.24, 2.45) is 7.05 Å². The van der Waals surface area contributed by atoms with Gasteiger partial charge in [-0.05, 0) is 18.5 Å². The van der Waals surface area contributed by atoms with Crippen molar-refractivity contribution in [3.8, 4) is 0 Å². The van der Waals surface area contributed by atoms with Gasteiger partial charge in [-0.15, -0.1) is 10.2 Å². The fourth-order valence-electron chi connectivity index (χ4n) is 1.35. The van der Waals surface area contributed by atoms with Crippen LogP contribution in [0.15, 0.2) is 12.4 Å². The maximum atomic E-state index is 11.7. The average Bonchev–Trinajstić information content (AvgIpc) is 2.75. The van der Waals surface area contributed by atoms with Crippen molar-refractivity contribution in [3.05, 3.63) is 23.4 Å². The molecule has 0 saturated carbocycles. The molecule has 2 aromatic rings. The second-order valence-electron chi connectivity index (χ2n) is 3.53. The van der Waals surface area contributed by atoms with Crippen LogP contribution in [0, 0.1) is 0 Å². The van der Waals surface area contributed by atoms with E-state index in [1.165, 1.54) is 0 Å². The van der Waals surface area contributed by atoms with Gasteiger partial charge in [-0.2, -0.15) is 10.1 Å². The molecule has 19 heavy (non-hydrogen) atoms. The van der Waals surface area contributed by atoms with Gasteiger partial charge in [-0.1, -0.05) is 0 Å². The molecule has 1 N–H and O–H groups in total. The lowest BCUT2D eigenvalue weighted by atomic mass is 10.4. The van der Waals surface area contributed by atoms with Gasteiger partial charge < -0.3 is 10.1 Å². The Labute approximate surface area is 113 Å². The maximum Gasteiger partial charge on any atom is 0.362 e. The van der Waals surface area contributed by atoms with Crippen LogP contribution in [0.1, 0.15) is 17.4 Å². The van der Waals surface area contributed by atoms with E-state index in [1.54, 1.807) is 31.0 Å². The van der Waals surface area contributed by atoms with Crippen LogP contribution in [0.3, 0.4) is 0 Å². The van der Waals surface area contributed by atoms with Gasteiger partial charge in [0.1, 0.15) is 0 Å². The molecule has 0 amide bonds. The average molecular weight is 283 g/mol. The van der Waals surface area contributed by atoms with Crippen LogP contribution in [0.5, 0.6) is 0 Å². The summed E-state index contributed by atoms with van der Waals surface area (Å²) in [5.41, 5.74) is 0.611. The molecule has 0 aliphatic rings. The fourth-order valence-corrected chi connectivity index (χ4v) is 1.48. The smallest absolute Gasteiger partial charge is 0.362 e. The Morgan fingerprint density at radius 3 is 2.95 bits per heavy atom. The Kier molecular flexibility index (Phi) is 3.91. The van der Waals surface area contributed by atoms with E-state index in [9.17, 15) is 4.79 Å². The first kappa shape index (κ1) is 13.2. The highest BCUT2D eigenvalue weighted by atomic mass is 35.5. The van der Waals surface area contributed by atoms with Crippen LogP contribution in [0.2, 0.25) is 5.28 Å². The molecule has 0 aliphatic heterocycles. The minimum atomic E-state index is -0.620. The van der Waals surface area contributed by atoms with Gasteiger partial charge in [0.15, 0.2) is 5.82 Å². The van der Waals surface area contributed by atoms with E-state index >= 15 is 0 Å². The number of aromatic nitrogens is 5. The lowest BCUT2D eigenvalue weighted by Crippen LogP contribution is -2.13. The summed E-state index contributed by atoms with van der Waals surface area (Å²) >= 11 is 5.67. The molecule has 0 bridgehead atoms. The van der Waals surface area contributed by atoms with Gasteiger partial charge in [0.25, 0.3) is 0 Å². The summed E-state index contributed by atoms with van der Waals surface area (Å²) in [4.78, 5) is 15.6. The maximum absolute atomic E-state index is 11.7. The normalized spacial score (nSPS) is 10.3. The third-order valence-corrected chi connectivity index (χ3v) is 2.26. The lowest BCUT2D eigenvalue weighted by molar-refractivity contribution is 0.0519. The molecular formula is C10H11ClN6O2. The number of hydrogen-bond acceptors (Lipinski definition) is 7. The molecule has 100 valence electrons. The molecule has 2 heterocycles. The van der Waals surface area contributed by atoms with Gasteiger partial charge in [-0.3, -0.25) is 4.68 Å². The van der Waals surface area contributed by atoms with Gasteiger partial charge in [0.05, 0.1) is 18.5 Å². The molecular weight excluding hydrogens is 272 g/mol. The van der Waals surface area contributed by atoms with Crippen molar-refractivity contribution < 1.29 is 9.53 Å². The monoisotopic (exact) mass is 282 g/mol. The van der Waals surface area contributed by atoms with Gasteiger partial charge in [0, 0.05) is 13.2 Å². The van der Waals surface area contributed by atoms with E-state index in [2.05, 4.69) is 25.6 Å². The van der Waals surface area contributed by atoms with Crippen LogP contribution in [0.4, 0.5) is 11.5 Å². The zero-order chi connectivity index (χ0) is 13.8. The predicted octanol–water partition coefficient (Wildman–Crippen LogP) is 1.18. The Morgan fingerprint density at radius 2 is 2.32 bits per heavy atom. The second kappa shape index (κ2) is 5.61. The third-order valence-electron chi connectivity index (χ3n) is 2.10. The highest BCUT2D eigenvalue weighted by Crippen LogP contribution is 2.18. The number of nitrogens with one attached hydrogen (secondary N) is 1. The number of esters is 1. The van der Waals surface area contributed by atoms with Crippen molar-refractivity contribution in [3.63, 3.8) is 0 Å². The highest BCUT2D eigenvalue weighted by Gasteiger charge is 2.18. The van der Waals surface area contributed by atoms with Crippen molar-refractivity contribution in [1.29, 1.82) is 0 Å². The van der Waals surface area contributed by atoms with Crippen LogP contribution < -0.4 is 5.32 Å². The number of nitrogens with zero attached hydrogens (tertiary/aromatic N) is 5. The number of carbonyl (C=O) groups is 1. The number of hydrogen-bond donors (Lipinski definition) is 1. The Balaban J connectivity index is 2.31. The predicted molar refractivity (Wildman–Crippen MR) is 67.3 cm³/mol. The summed E-state index contributed by atoms with van der Waals surface area (Å²) in [6.45, 7) is 1.93. The topological polar surface area (TPSA) is 94.8 Å². The van der Waals surface area contributed by atoms with Gasteiger partial charge in [0.2, 0.25) is 11.0 Å². The lowest BCUT2D eigenvalue weighted by Gasteiger charge is -2.07. The summed E-state index contributed by atoms with van der Waals surface area (Å²) in [6, 6.07) is 0. The first-order chi connectivity index (χ1) is 9.10. The summed E-state index contributed by atoms with van der Waals surface area (Å²) in [7, 11) is 1.77. The minimum Gasteiger partial charge on any atom is -0.461 e. The molecule has 0 aromatic carbocycles. The van der Waals surface area contributed by atoms with E-state index in [0.717, 1.165) is 0 Å². The minimum absolute atomic E-state index is 0.0323. The molecule has 2 rings (SSSR count). The van der Waals surface area contributed by atoms with Crippen molar-refractivity contribution in [2.45, 2.75) is 6.92 Å². The Morgan fingerprint density at radius 1 is 1.53 bits per heavy atom. The van der Waals surface area contributed by atoms with Crippen LogP contribution in [0.25, 0.3) is 0 Å². The molecule has 0 fully saturated rings. The Bertz CT molecular complexity index is 599. The molecule has 8 nitrogen and oxygen atoms in total. The van der Waals surface area contributed by atoms with Crippen molar-refractivity contribution >= 4 is 29.1 Å². The molecule has 2 aromatic heterocycles. The third kappa shape index (κ3) is 3.16. The quantitative estimate of drug-likeness (QED) is 0.841. The SMILES string of the molecule is CCOC(=O)c1nnc(Cl)nc1Nc1cnn(C)c1. The number of ether oxygens (including phenoxy) is 1. The molecule has 0 radical (unpaired) electrons. The second-order valence-corrected chi connectivity index (χ2v) is 3.86. The summed E-state index contributed by atoms with van der Waals surface area (Å²) in [5, 5.41) is 14.0. The number of anilines is 2. The molecule has 0 aliphatic carbocycles. The molecule has 0 spiro atoms. The molecule has 0 saturated heterocycles. The van der Waals surface area contributed by atoms with Crippen LogP contribution >= 0.6 is 11.6 Å². The first-order valence-electron chi connectivity index (χ1n) is 5.43. The van der Waals surface area contributed by atoms with Crippen molar-refractivity contribution in [2.75, 3.05) is 11.9 Å². The molecule has 0 atom stereocenters. The van der Waals surface area contributed by atoms with E-state index < -0.39 is 5.97 Å². The van der Waals surface area contributed by atoms with Crippen LogP contribution in [-0.4, -0.2) is 37.5 Å². The first-order valence-corrected chi connectivity index (χ1v) is 5.81. The number of halogens is 1. The van der Waals surface area contributed by atoms with E-state index in [1.807, 2.05) is 0 Å². The number of rotatable bonds is 4. The van der Waals surface area contributed by atoms with E-state index in [0.29, 0.717) is 5.69 Å². The molecule has 0 unspecified atom stereocenters.